The lowest BCUT2D eigenvalue weighted by Gasteiger charge is -2.38. The van der Waals surface area contributed by atoms with E-state index in [0.717, 1.165) is 42.1 Å². The van der Waals surface area contributed by atoms with E-state index in [9.17, 15) is 31.1 Å². The molecular formula is C17H13Cl2F6N3O2. The quantitative estimate of drug-likeness (QED) is 0.306. The highest BCUT2D eigenvalue weighted by atomic mass is 35.5. The Balaban J connectivity index is 2.45. The molecule has 0 aliphatic rings. The molecule has 0 fully saturated rings. The van der Waals surface area contributed by atoms with Gasteiger partial charge in [0.25, 0.3) is 5.91 Å². The minimum atomic E-state index is -6.01. The normalized spacial score (nSPS) is 12.4. The summed E-state index contributed by atoms with van der Waals surface area (Å²) in [5, 5.41) is 0.909. The Labute approximate surface area is 176 Å². The molecule has 3 N–H and O–H groups in total. The Hall–Kier alpha value is -2.37. The summed E-state index contributed by atoms with van der Waals surface area (Å²) in [5.41, 5.74) is -2.75. The lowest BCUT2D eigenvalue weighted by atomic mass is 10.1. The van der Waals surface area contributed by atoms with Gasteiger partial charge in [-0.05, 0) is 30.3 Å². The van der Waals surface area contributed by atoms with E-state index in [0.29, 0.717) is 0 Å². The van der Waals surface area contributed by atoms with Crippen molar-refractivity contribution in [2.24, 2.45) is 0 Å². The van der Waals surface area contributed by atoms with Crippen LogP contribution in [-0.4, -0.2) is 31.0 Å². The molecule has 2 rings (SSSR count). The Morgan fingerprint density at radius 2 is 1.53 bits per heavy atom. The van der Waals surface area contributed by atoms with Crippen molar-refractivity contribution in [1.82, 2.24) is 10.7 Å². The standard InChI is InChI=1S/C17H13Cl2F6N3O2/c1-30-13-5-3-2-4-10(13)14(29)26-15(16(20,21)22,17(23,24)25)28-27-9-6-7-11(18)12(19)8-9/h2-8,27-28H,1H3,(H,26,29). The predicted octanol–water partition coefficient (Wildman–Crippen LogP) is 5.17. The number of hydrogen-bond acceptors (Lipinski definition) is 4. The summed E-state index contributed by atoms with van der Waals surface area (Å²) in [6.45, 7) is 0. The maximum absolute atomic E-state index is 13.7. The van der Waals surface area contributed by atoms with E-state index in [1.165, 1.54) is 18.2 Å². The highest BCUT2D eigenvalue weighted by Gasteiger charge is 2.72. The number of methoxy groups -OCH3 is 1. The maximum Gasteiger partial charge on any atom is 0.436 e. The molecular weight excluding hydrogens is 463 g/mol. The van der Waals surface area contributed by atoms with Gasteiger partial charge in [0, 0.05) is 0 Å². The van der Waals surface area contributed by atoms with Crippen LogP contribution in [0, 0.1) is 0 Å². The molecule has 0 spiro atoms. The molecule has 0 heterocycles. The maximum atomic E-state index is 13.7. The number of carbonyl (C=O) groups is 1. The number of carbonyl (C=O) groups excluding carboxylic acids is 1. The molecule has 30 heavy (non-hydrogen) atoms. The Kier molecular flexibility index (Phi) is 7.00. The van der Waals surface area contributed by atoms with Gasteiger partial charge < -0.3 is 15.5 Å². The average Bonchev–Trinajstić information content (AvgIpc) is 2.65. The summed E-state index contributed by atoms with van der Waals surface area (Å²) in [7, 11) is 1.11. The first-order chi connectivity index (χ1) is 13.8. The second-order valence-corrected chi connectivity index (χ2v) is 6.59. The smallest absolute Gasteiger partial charge is 0.436 e. The molecule has 13 heteroatoms. The van der Waals surface area contributed by atoms with E-state index in [2.05, 4.69) is 0 Å². The number of hydrazine groups is 1. The molecule has 0 bridgehead atoms. The van der Waals surface area contributed by atoms with E-state index >= 15 is 0 Å². The number of halogens is 8. The Bertz CT molecular complexity index is 907. The van der Waals surface area contributed by atoms with E-state index in [4.69, 9.17) is 27.9 Å². The van der Waals surface area contributed by atoms with Gasteiger partial charge >= 0.3 is 18.0 Å². The lowest BCUT2D eigenvalue weighted by molar-refractivity contribution is -0.312. The van der Waals surface area contributed by atoms with Gasteiger partial charge in [-0.3, -0.25) is 4.79 Å². The number of alkyl halides is 6. The van der Waals surface area contributed by atoms with Crippen LogP contribution in [0.3, 0.4) is 0 Å². The highest BCUT2D eigenvalue weighted by molar-refractivity contribution is 6.42. The van der Waals surface area contributed by atoms with Crippen molar-refractivity contribution in [3.8, 4) is 5.75 Å². The number of benzene rings is 2. The van der Waals surface area contributed by atoms with E-state index in [1.807, 2.05) is 0 Å². The first kappa shape index (κ1) is 23.9. The van der Waals surface area contributed by atoms with Crippen LogP contribution in [0.25, 0.3) is 0 Å². The molecule has 2 aromatic carbocycles. The van der Waals surface area contributed by atoms with Crippen molar-refractivity contribution in [1.29, 1.82) is 0 Å². The summed E-state index contributed by atoms with van der Waals surface area (Å²) in [6.07, 6.45) is -12.0. The van der Waals surface area contributed by atoms with Crippen molar-refractivity contribution < 1.29 is 35.9 Å². The molecule has 0 aromatic heterocycles. The Morgan fingerprint density at radius 1 is 0.933 bits per heavy atom. The van der Waals surface area contributed by atoms with Crippen LogP contribution in [0.15, 0.2) is 42.5 Å². The second-order valence-electron chi connectivity index (χ2n) is 5.78. The molecule has 0 atom stereocenters. The number of amides is 1. The number of hydrogen-bond donors (Lipinski definition) is 3. The number of para-hydroxylation sites is 1. The fraction of sp³-hybridized carbons (Fsp3) is 0.235. The summed E-state index contributed by atoms with van der Waals surface area (Å²) < 4.78 is 86.8. The molecule has 0 radical (unpaired) electrons. The molecule has 0 saturated carbocycles. The van der Waals surface area contributed by atoms with E-state index in [1.54, 1.807) is 5.43 Å². The van der Waals surface area contributed by atoms with Crippen LogP contribution in [0.2, 0.25) is 10.0 Å². The number of ether oxygens (including phenoxy) is 1. The topological polar surface area (TPSA) is 62.4 Å². The van der Waals surface area contributed by atoms with Gasteiger partial charge in [-0.25, -0.2) is 0 Å². The van der Waals surface area contributed by atoms with Crippen LogP contribution >= 0.6 is 23.2 Å². The van der Waals surface area contributed by atoms with Gasteiger partial charge in [0.1, 0.15) is 5.75 Å². The Morgan fingerprint density at radius 3 is 2.07 bits per heavy atom. The largest absolute Gasteiger partial charge is 0.496 e. The van der Waals surface area contributed by atoms with E-state index in [-0.39, 0.29) is 21.5 Å². The van der Waals surface area contributed by atoms with E-state index < -0.39 is 29.5 Å². The third-order valence-corrected chi connectivity index (χ3v) is 4.56. The van der Waals surface area contributed by atoms with Gasteiger partial charge in [0.2, 0.25) is 0 Å². The van der Waals surface area contributed by atoms with Crippen LogP contribution in [0.1, 0.15) is 10.4 Å². The van der Waals surface area contributed by atoms with Crippen molar-refractivity contribution >= 4 is 34.8 Å². The predicted molar refractivity (Wildman–Crippen MR) is 98.5 cm³/mol. The number of nitrogens with one attached hydrogen (secondary N) is 3. The molecule has 0 aliphatic carbocycles. The third kappa shape index (κ3) is 4.85. The SMILES string of the molecule is COc1ccccc1C(=O)NC(NNc1ccc(Cl)c(Cl)c1)(C(F)(F)F)C(F)(F)F. The van der Waals surface area contributed by atoms with Gasteiger partial charge in [0.05, 0.1) is 28.4 Å². The first-order valence-electron chi connectivity index (χ1n) is 7.89. The first-order valence-corrected chi connectivity index (χ1v) is 8.65. The van der Waals surface area contributed by atoms with Crippen molar-refractivity contribution in [2.45, 2.75) is 18.0 Å². The lowest BCUT2D eigenvalue weighted by Crippen LogP contribution is -2.76. The minimum absolute atomic E-state index is 0.0320. The molecule has 1 amide bonds. The van der Waals surface area contributed by atoms with Crippen molar-refractivity contribution in [3.05, 3.63) is 58.1 Å². The van der Waals surface area contributed by atoms with Gasteiger partial charge in [-0.15, -0.1) is 0 Å². The fourth-order valence-electron chi connectivity index (χ4n) is 2.29. The molecule has 164 valence electrons. The van der Waals surface area contributed by atoms with Crippen molar-refractivity contribution in [3.63, 3.8) is 0 Å². The zero-order valence-electron chi connectivity index (χ0n) is 14.9. The molecule has 2 aromatic rings. The molecule has 5 nitrogen and oxygen atoms in total. The number of rotatable bonds is 6. The monoisotopic (exact) mass is 475 g/mol. The average molecular weight is 476 g/mol. The van der Waals surface area contributed by atoms with Crippen LogP contribution in [0.5, 0.6) is 5.75 Å². The summed E-state index contributed by atoms with van der Waals surface area (Å²) in [6, 6.07) is 8.10. The summed E-state index contributed by atoms with van der Waals surface area (Å²) in [4.78, 5) is 12.3. The number of anilines is 1. The molecule has 0 unspecified atom stereocenters. The highest BCUT2D eigenvalue weighted by Crippen LogP contribution is 2.41. The van der Waals surface area contributed by atoms with Gasteiger partial charge in [-0.2, -0.15) is 31.8 Å². The second kappa shape index (κ2) is 8.78. The third-order valence-electron chi connectivity index (χ3n) is 3.82. The molecule has 0 aliphatic heterocycles. The zero-order valence-corrected chi connectivity index (χ0v) is 16.4. The molecule has 0 saturated heterocycles. The van der Waals surface area contributed by atoms with Gasteiger partial charge in [0.15, 0.2) is 0 Å². The van der Waals surface area contributed by atoms with Crippen molar-refractivity contribution in [2.75, 3.05) is 12.5 Å². The minimum Gasteiger partial charge on any atom is -0.496 e. The van der Waals surface area contributed by atoms with Gasteiger partial charge in [-0.1, -0.05) is 35.3 Å². The van der Waals surface area contributed by atoms with Crippen LogP contribution < -0.4 is 20.9 Å². The summed E-state index contributed by atoms with van der Waals surface area (Å²) in [5.74, 6) is -1.89. The van der Waals surface area contributed by atoms with Crippen LogP contribution in [0.4, 0.5) is 32.0 Å². The zero-order chi connectivity index (χ0) is 22.7. The summed E-state index contributed by atoms with van der Waals surface area (Å²) >= 11 is 11.4. The van der Waals surface area contributed by atoms with Crippen LogP contribution in [-0.2, 0) is 0 Å². The fourth-order valence-corrected chi connectivity index (χ4v) is 2.58.